The van der Waals surface area contributed by atoms with Crippen molar-refractivity contribution in [2.24, 2.45) is 11.8 Å². The van der Waals surface area contributed by atoms with E-state index >= 15 is 0 Å². The molecule has 34 heavy (non-hydrogen) atoms. The summed E-state index contributed by atoms with van der Waals surface area (Å²) in [5.74, 6) is 15.9. The van der Waals surface area contributed by atoms with Gasteiger partial charge in [0.15, 0.2) is 0 Å². The van der Waals surface area contributed by atoms with Gasteiger partial charge in [-0.05, 0) is 143 Å². The number of hydrogen-bond acceptors (Lipinski definition) is 0. The van der Waals surface area contributed by atoms with Crippen LogP contribution < -0.4 is 0 Å². The van der Waals surface area contributed by atoms with Crippen LogP contribution in [0.15, 0.2) is 0 Å². The molecule has 1 saturated carbocycles. The Morgan fingerprint density at radius 1 is 0.529 bits per heavy atom. The molecule has 0 spiro atoms. The summed E-state index contributed by atoms with van der Waals surface area (Å²) >= 11 is 0. The van der Waals surface area contributed by atoms with Gasteiger partial charge >= 0.3 is 0 Å². The molecule has 0 radical (unpaired) electrons. The van der Waals surface area contributed by atoms with E-state index in [9.17, 15) is 0 Å². The number of benzene rings is 2. The van der Waals surface area contributed by atoms with Crippen LogP contribution >= 0.6 is 0 Å². The fraction of sp³-hybridized carbons (Fsp3) is 0.529. The first kappa shape index (κ1) is 26.2. The van der Waals surface area contributed by atoms with Gasteiger partial charge in [-0.15, -0.1) is 0 Å². The Kier molecular flexibility index (Phi) is 8.37. The van der Waals surface area contributed by atoms with Crippen molar-refractivity contribution in [2.45, 2.75) is 108 Å². The third-order valence-electron chi connectivity index (χ3n) is 8.90. The van der Waals surface area contributed by atoms with Crippen LogP contribution in [0.5, 0.6) is 0 Å². The lowest BCUT2D eigenvalue weighted by Gasteiger charge is -2.24. The summed E-state index contributed by atoms with van der Waals surface area (Å²) < 4.78 is 0. The molecule has 2 aromatic carbocycles. The molecule has 0 N–H and O–H groups in total. The summed E-state index contributed by atoms with van der Waals surface area (Å²) in [6.07, 6.45) is 7.61. The van der Waals surface area contributed by atoms with Crippen molar-refractivity contribution >= 4 is 0 Å². The molecule has 0 bridgehead atoms. The second-order valence-electron chi connectivity index (χ2n) is 10.6. The maximum atomic E-state index is 3.65. The van der Waals surface area contributed by atoms with Crippen LogP contribution in [0.3, 0.4) is 0 Å². The maximum absolute atomic E-state index is 3.65. The highest BCUT2D eigenvalue weighted by Crippen LogP contribution is 2.31. The summed E-state index contributed by atoms with van der Waals surface area (Å²) in [6.45, 7) is 22.4. The van der Waals surface area contributed by atoms with Gasteiger partial charge < -0.3 is 0 Å². The largest absolute Gasteiger partial charge is 0.0945 e. The van der Waals surface area contributed by atoms with Gasteiger partial charge in [0.2, 0.25) is 0 Å². The SMILES string of the molecule is CCc1c(C)c(C)c(C#Cc2c(C)c(C)c(C#CC3CCC(CC)CC3)c(C)c2C)c(C)c1C. The monoisotopic (exact) mass is 452 g/mol. The van der Waals surface area contributed by atoms with Crippen LogP contribution in [0.25, 0.3) is 0 Å². The van der Waals surface area contributed by atoms with Gasteiger partial charge in [-0.2, -0.15) is 0 Å². The van der Waals surface area contributed by atoms with Crippen molar-refractivity contribution in [1.29, 1.82) is 0 Å². The van der Waals surface area contributed by atoms with E-state index in [4.69, 9.17) is 0 Å². The van der Waals surface area contributed by atoms with Crippen LogP contribution in [0, 0.1) is 90.9 Å². The maximum Gasteiger partial charge on any atom is 0.0313 e. The van der Waals surface area contributed by atoms with Crippen molar-refractivity contribution in [2.75, 3.05) is 0 Å². The van der Waals surface area contributed by atoms with Gasteiger partial charge in [0.1, 0.15) is 0 Å². The highest BCUT2D eigenvalue weighted by Gasteiger charge is 2.19. The highest BCUT2D eigenvalue weighted by atomic mass is 14.2. The Morgan fingerprint density at radius 2 is 0.912 bits per heavy atom. The van der Waals surface area contributed by atoms with Crippen LogP contribution in [0.1, 0.15) is 113 Å². The molecule has 0 heterocycles. The highest BCUT2D eigenvalue weighted by molar-refractivity contribution is 5.64. The molecule has 0 unspecified atom stereocenters. The van der Waals surface area contributed by atoms with Crippen molar-refractivity contribution in [3.8, 4) is 23.7 Å². The fourth-order valence-electron chi connectivity index (χ4n) is 5.81. The Morgan fingerprint density at radius 3 is 1.29 bits per heavy atom. The first-order chi connectivity index (χ1) is 16.1. The lowest BCUT2D eigenvalue weighted by atomic mass is 9.81. The molecule has 0 nitrogen and oxygen atoms in total. The van der Waals surface area contributed by atoms with Crippen molar-refractivity contribution in [3.05, 3.63) is 66.8 Å². The molecule has 0 aliphatic heterocycles. The summed E-state index contributed by atoms with van der Waals surface area (Å²) in [7, 11) is 0. The standard InChI is InChI=1S/C34H44/c1-11-29-13-15-30(16-14-29)17-18-32-25(7)27(9)34(28(10)26(32)8)20-19-33-23(5)21(3)31(12-2)22(4)24(33)6/h29-30H,11-16H2,1-10H3. The van der Waals surface area contributed by atoms with Crippen LogP contribution in [-0.4, -0.2) is 0 Å². The zero-order valence-electron chi connectivity index (χ0n) is 23.4. The molecular formula is C34H44. The lowest BCUT2D eigenvalue weighted by molar-refractivity contribution is 0.309. The van der Waals surface area contributed by atoms with E-state index in [1.807, 2.05) is 0 Å². The average molecular weight is 453 g/mol. The Hall–Kier alpha value is -2.44. The molecule has 180 valence electrons. The first-order valence-corrected chi connectivity index (χ1v) is 13.3. The van der Waals surface area contributed by atoms with Gasteiger partial charge in [-0.3, -0.25) is 0 Å². The summed E-state index contributed by atoms with van der Waals surface area (Å²) in [5.41, 5.74) is 15.7. The van der Waals surface area contributed by atoms with Gasteiger partial charge in [-0.1, -0.05) is 44.0 Å². The fourth-order valence-corrected chi connectivity index (χ4v) is 5.81. The van der Waals surface area contributed by atoms with E-state index in [1.54, 1.807) is 0 Å². The number of rotatable bonds is 2. The lowest BCUT2D eigenvalue weighted by Crippen LogP contribution is -2.12. The molecule has 2 aromatic rings. The van der Waals surface area contributed by atoms with Gasteiger partial charge in [0, 0.05) is 22.6 Å². The molecule has 0 amide bonds. The van der Waals surface area contributed by atoms with Gasteiger partial charge in [-0.25, -0.2) is 0 Å². The third-order valence-corrected chi connectivity index (χ3v) is 8.90. The zero-order chi connectivity index (χ0) is 25.2. The smallest absolute Gasteiger partial charge is 0.0313 e. The van der Waals surface area contributed by atoms with E-state index in [0.29, 0.717) is 5.92 Å². The molecule has 1 aliphatic carbocycles. The van der Waals surface area contributed by atoms with Crippen molar-refractivity contribution in [3.63, 3.8) is 0 Å². The number of hydrogen-bond donors (Lipinski definition) is 0. The summed E-state index contributed by atoms with van der Waals surface area (Å²) in [6, 6.07) is 0. The van der Waals surface area contributed by atoms with Crippen molar-refractivity contribution < 1.29 is 0 Å². The van der Waals surface area contributed by atoms with Crippen molar-refractivity contribution in [1.82, 2.24) is 0 Å². The first-order valence-electron chi connectivity index (χ1n) is 13.3. The molecule has 3 rings (SSSR count). The summed E-state index contributed by atoms with van der Waals surface area (Å²) in [5, 5.41) is 0. The predicted octanol–water partition coefficient (Wildman–Crippen LogP) is 8.68. The topological polar surface area (TPSA) is 0 Å². The van der Waals surface area contributed by atoms with Gasteiger partial charge in [0.05, 0.1) is 0 Å². The minimum absolute atomic E-state index is 0.560. The van der Waals surface area contributed by atoms with Crippen LogP contribution in [-0.2, 0) is 6.42 Å². The zero-order valence-corrected chi connectivity index (χ0v) is 23.4. The minimum atomic E-state index is 0.560. The van der Waals surface area contributed by atoms with Crippen LogP contribution in [0.2, 0.25) is 0 Å². The Bertz CT molecular complexity index is 1150. The van der Waals surface area contributed by atoms with E-state index in [0.717, 1.165) is 12.3 Å². The average Bonchev–Trinajstić information content (AvgIpc) is 2.84. The Balaban J connectivity index is 2.01. The van der Waals surface area contributed by atoms with E-state index < -0.39 is 0 Å². The minimum Gasteiger partial charge on any atom is -0.0945 e. The van der Waals surface area contributed by atoms with Crippen LogP contribution in [0.4, 0.5) is 0 Å². The van der Waals surface area contributed by atoms with E-state index in [1.165, 1.54) is 98.9 Å². The molecule has 0 saturated heterocycles. The molecule has 0 heteroatoms. The second kappa shape index (κ2) is 10.9. The molecule has 0 aromatic heterocycles. The summed E-state index contributed by atoms with van der Waals surface area (Å²) in [4.78, 5) is 0. The predicted molar refractivity (Wildman–Crippen MR) is 149 cm³/mol. The Labute approximate surface area is 210 Å². The van der Waals surface area contributed by atoms with Gasteiger partial charge in [0.25, 0.3) is 0 Å². The molecule has 1 fully saturated rings. The molecule has 0 atom stereocenters. The third kappa shape index (κ3) is 4.98. The molecule has 1 aliphatic rings. The van der Waals surface area contributed by atoms with E-state index in [-0.39, 0.29) is 0 Å². The molecular weight excluding hydrogens is 408 g/mol. The van der Waals surface area contributed by atoms with E-state index in [2.05, 4.69) is 92.9 Å². The quantitative estimate of drug-likeness (QED) is 0.400. The second-order valence-corrected chi connectivity index (χ2v) is 10.6. The normalized spacial score (nSPS) is 17.6.